The average Bonchev–Trinajstić information content (AvgIpc) is 2.50. The quantitative estimate of drug-likeness (QED) is 0.799. The Morgan fingerprint density at radius 3 is 2.00 bits per heavy atom. The highest BCUT2D eigenvalue weighted by Crippen LogP contribution is 2.49. The van der Waals surface area contributed by atoms with Gasteiger partial charge in [0.1, 0.15) is 0 Å². The predicted molar refractivity (Wildman–Crippen MR) is 76.1 cm³/mol. The van der Waals surface area contributed by atoms with Gasteiger partial charge in [0.15, 0.2) is 0 Å². The molecule has 0 aromatic carbocycles. The van der Waals surface area contributed by atoms with Crippen LogP contribution in [-0.2, 0) is 0 Å². The second-order valence-electron chi connectivity index (χ2n) is 7.11. The van der Waals surface area contributed by atoms with Gasteiger partial charge >= 0.3 is 0 Å². The summed E-state index contributed by atoms with van der Waals surface area (Å²) in [7, 11) is 0. The fourth-order valence-electron chi connectivity index (χ4n) is 3.70. The average molecular weight is 240 g/mol. The minimum atomic E-state index is 0.214. The van der Waals surface area contributed by atoms with E-state index in [0.29, 0.717) is 17.4 Å². The normalized spacial score (nSPS) is 28.6. The van der Waals surface area contributed by atoms with Gasteiger partial charge in [-0.3, -0.25) is 4.90 Å². The number of hydrogen-bond donors (Lipinski definition) is 1. The summed E-state index contributed by atoms with van der Waals surface area (Å²) in [5, 5.41) is 0. The van der Waals surface area contributed by atoms with Crippen molar-refractivity contribution >= 4 is 0 Å². The van der Waals surface area contributed by atoms with Crippen LogP contribution in [0.3, 0.4) is 0 Å². The fourth-order valence-corrected chi connectivity index (χ4v) is 3.70. The van der Waals surface area contributed by atoms with Crippen molar-refractivity contribution in [3.8, 4) is 0 Å². The van der Waals surface area contributed by atoms with E-state index in [0.717, 1.165) is 13.1 Å². The first-order chi connectivity index (χ1) is 7.77. The number of hydrogen-bond acceptors (Lipinski definition) is 2. The van der Waals surface area contributed by atoms with Gasteiger partial charge in [0.25, 0.3) is 0 Å². The summed E-state index contributed by atoms with van der Waals surface area (Å²) >= 11 is 0. The molecule has 1 rings (SSSR count). The van der Waals surface area contributed by atoms with E-state index in [1.807, 2.05) is 0 Å². The molecule has 0 amide bonds. The van der Waals surface area contributed by atoms with Gasteiger partial charge in [-0.25, -0.2) is 0 Å². The Bertz CT molecular complexity index is 245. The molecule has 1 atom stereocenters. The minimum absolute atomic E-state index is 0.214. The summed E-state index contributed by atoms with van der Waals surface area (Å²) in [6, 6.07) is 0.582. The van der Waals surface area contributed by atoms with E-state index < -0.39 is 0 Å². The topological polar surface area (TPSA) is 29.3 Å². The molecule has 2 nitrogen and oxygen atoms in total. The number of nitrogens with two attached hydrogens (primary N) is 1. The molecule has 0 saturated heterocycles. The number of rotatable bonds is 5. The van der Waals surface area contributed by atoms with Crippen molar-refractivity contribution in [2.75, 3.05) is 13.1 Å². The Kier molecular flexibility index (Phi) is 4.65. The van der Waals surface area contributed by atoms with E-state index in [4.69, 9.17) is 5.73 Å². The largest absolute Gasteiger partial charge is 0.329 e. The highest BCUT2D eigenvalue weighted by atomic mass is 15.2. The molecule has 0 aromatic rings. The Morgan fingerprint density at radius 2 is 1.71 bits per heavy atom. The summed E-state index contributed by atoms with van der Waals surface area (Å²) in [6.07, 6.45) is 3.90. The smallest absolute Gasteiger partial charge is 0.0385 e. The van der Waals surface area contributed by atoms with Crippen LogP contribution >= 0.6 is 0 Å². The van der Waals surface area contributed by atoms with Crippen LogP contribution in [0.4, 0.5) is 0 Å². The van der Waals surface area contributed by atoms with Crippen LogP contribution in [-0.4, -0.2) is 29.6 Å². The SMILES string of the molecule is CC(C)CN(C(C)C)C1(CN)CCCC1(C)C. The molecule has 0 aliphatic heterocycles. The molecule has 2 N–H and O–H groups in total. The summed E-state index contributed by atoms with van der Waals surface area (Å²) in [5.74, 6) is 0.706. The van der Waals surface area contributed by atoms with Crippen molar-refractivity contribution in [3.63, 3.8) is 0 Å². The lowest BCUT2D eigenvalue weighted by Crippen LogP contribution is -2.62. The molecule has 0 aromatic heterocycles. The monoisotopic (exact) mass is 240 g/mol. The molecule has 0 radical (unpaired) electrons. The zero-order valence-electron chi connectivity index (χ0n) is 12.7. The highest BCUT2D eigenvalue weighted by Gasteiger charge is 2.52. The second-order valence-corrected chi connectivity index (χ2v) is 7.11. The zero-order chi connectivity index (χ0) is 13.3. The third kappa shape index (κ3) is 2.68. The Hall–Kier alpha value is -0.0800. The summed E-state index contributed by atoms with van der Waals surface area (Å²) < 4.78 is 0. The fraction of sp³-hybridized carbons (Fsp3) is 1.00. The van der Waals surface area contributed by atoms with Crippen LogP contribution in [0.2, 0.25) is 0 Å². The lowest BCUT2D eigenvalue weighted by Gasteiger charge is -2.52. The molecule has 1 saturated carbocycles. The third-order valence-electron chi connectivity index (χ3n) is 4.72. The Morgan fingerprint density at radius 1 is 1.12 bits per heavy atom. The van der Waals surface area contributed by atoms with Crippen LogP contribution in [0.15, 0.2) is 0 Å². The van der Waals surface area contributed by atoms with E-state index in [9.17, 15) is 0 Å². The minimum Gasteiger partial charge on any atom is -0.329 e. The van der Waals surface area contributed by atoms with Crippen molar-refractivity contribution in [2.24, 2.45) is 17.1 Å². The van der Waals surface area contributed by atoms with E-state index >= 15 is 0 Å². The third-order valence-corrected chi connectivity index (χ3v) is 4.72. The summed E-state index contributed by atoms with van der Waals surface area (Å²) in [5.41, 5.74) is 6.78. The lowest BCUT2D eigenvalue weighted by molar-refractivity contribution is -0.0176. The molecule has 1 fully saturated rings. The molecule has 102 valence electrons. The standard InChI is InChI=1S/C15H32N2/c1-12(2)10-17(13(3)4)15(11-16)9-7-8-14(15,5)6/h12-13H,7-11,16H2,1-6H3. The van der Waals surface area contributed by atoms with Crippen LogP contribution in [0.25, 0.3) is 0 Å². The van der Waals surface area contributed by atoms with Gasteiger partial charge in [-0.05, 0) is 38.0 Å². The van der Waals surface area contributed by atoms with Gasteiger partial charge in [-0.2, -0.15) is 0 Å². The maximum atomic E-state index is 6.22. The van der Waals surface area contributed by atoms with Crippen LogP contribution < -0.4 is 5.73 Å². The van der Waals surface area contributed by atoms with Crippen molar-refractivity contribution < 1.29 is 0 Å². The molecule has 0 bridgehead atoms. The van der Waals surface area contributed by atoms with Crippen molar-refractivity contribution in [1.82, 2.24) is 4.90 Å². The van der Waals surface area contributed by atoms with Gasteiger partial charge in [0, 0.05) is 24.7 Å². The Balaban J connectivity index is 3.03. The molecular weight excluding hydrogens is 208 g/mol. The van der Waals surface area contributed by atoms with Gasteiger partial charge < -0.3 is 5.73 Å². The van der Waals surface area contributed by atoms with E-state index in [1.54, 1.807) is 0 Å². The molecule has 0 heterocycles. The van der Waals surface area contributed by atoms with Crippen molar-refractivity contribution in [2.45, 2.75) is 72.4 Å². The first kappa shape index (κ1) is 15.0. The molecule has 1 aliphatic rings. The number of nitrogens with zero attached hydrogens (tertiary/aromatic N) is 1. The molecule has 2 heteroatoms. The van der Waals surface area contributed by atoms with Crippen LogP contribution in [0, 0.1) is 11.3 Å². The maximum Gasteiger partial charge on any atom is 0.0385 e. The highest BCUT2D eigenvalue weighted by molar-refractivity contribution is 5.07. The van der Waals surface area contributed by atoms with E-state index in [2.05, 4.69) is 46.4 Å². The van der Waals surface area contributed by atoms with Crippen LogP contribution in [0.1, 0.15) is 60.8 Å². The Labute approximate surface area is 108 Å². The van der Waals surface area contributed by atoms with E-state index in [-0.39, 0.29) is 5.54 Å². The van der Waals surface area contributed by atoms with Crippen LogP contribution in [0.5, 0.6) is 0 Å². The summed E-state index contributed by atoms with van der Waals surface area (Å²) in [4.78, 5) is 2.69. The van der Waals surface area contributed by atoms with Crippen molar-refractivity contribution in [1.29, 1.82) is 0 Å². The van der Waals surface area contributed by atoms with Gasteiger partial charge in [0.2, 0.25) is 0 Å². The molecule has 17 heavy (non-hydrogen) atoms. The van der Waals surface area contributed by atoms with Gasteiger partial charge in [-0.1, -0.05) is 34.1 Å². The summed E-state index contributed by atoms with van der Waals surface area (Å²) in [6.45, 7) is 16.0. The second kappa shape index (κ2) is 5.27. The lowest BCUT2D eigenvalue weighted by atomic mass is 9.72. The molecule has 1 aliphatic carbocycles. The molecule has 1 unspecified atom stereocenters. The molecular formula is C15H32N2. The van der Waals surface area contributed by atoms with E-state index in [1.165, 1.54) is 19.3 Å². The van der Waals surface area contributed by atoms with Gasteiger partial charge in [0.05, 0.1) is 0 Å². The first-order valence-electron chi connectivity index (χ1n) is 7.23. The maximum absolute atomic E-state index is 6.22. The molecule has 0 spiro atoms. The predicted octanol–water partition coefficient (Wildman–Crippen LogP) is 3.26. The van der Waals surface area contributed by atoms with Gasteiger partial charge in [-0.15, -0.1) is 0 Å². The van der Waals surface area contributed by atoms with Crippen molar-refractivity contribution in [3.05, 3.63) is 0 Å². The zero-order valence-corrected chi connectivity index (χ0v) is 12.7. The first-order valence-corrected chi connectivity index (χ1v) is 7.23.